The molecule has 1 aromatic carbocycles. The van der Waals surface area contributed by atoms with Gasteiger partial charge in [-0.05, 0) is 42.5 Å². The zero-order chi connectivity index (χ0) is 13.2. The molecule has 1 aliphatic rings. The van der Waals surface area contributed by atoms with Crippen molar-refractivity contribution in [3.05, 3.63) is 29.1 Å². The molecule has 0 bridgehead atoms. The fourth-order valence-corrected chi connectivity index (χ4v) is 3.31. The summed E-state index contributed by atoms with van der Waals surface area (Å²) in [4.78, 5) is 12.9. The van der Waals surface area contributed by atoms with Gasteiger partial charge in [-0.3, -0.25) is 10.2 Å². The number of hydrogen-bond donors (Lipinski definition) is 2. The van der Waals surface area contributed by atoms with Crippen molar-refractivity contribution in [1.82, 2.24) is 10.4 Å². The van der Waals surface area contributed by atoms with Crippen LogP contribution in [0.5, 0.6) is 0 Å². The van der Waals surface area contributed by atoms with E-state index in [1.807, 2.05) is 29.3 Å². The summed E-state index contributed by atoms with van der Waals surface area (Å²) in [5.74, 6) is -0.0123. The minimum Gasteiger partial charge on any atom is -0.399 e. The number of hydrogen-bond acceptors (Lipinski definition) is 4. The Hall–Kier alpha value is -1.59. The number of piperidine rings is 1. The minimum absolute atomic E-state index is 0.0123. The van der Waals surface area contributed by atoms with Crippen molar-refractivity contribution in [2.24, 2.45) is 0 Å². The van der Waals surface area contributed by atoms with E-state index in [0.717, 1.165) is 46.6 Å². The van der Waals surface area contributed by atoms with Gasteiger partial charge in [0.2, 0.25) is 0 Å². The van der Waals surface area contributed by atoms with Crippen LogP contribution < -0.4 is 11.2 Å². The minimum atomic E-state index is -0.0123. The molecule has 1 fully saturated rings. The summed E-state index contributed by atoms with van der Waals surface area (Å²) in [6.45, 7) is 1.90. The molecule has 0 aliphatic carbocycles. The lowest BCUT2D eigenvalue weighted by Gasteiger charge is -2.26. The van der Waals surface area contributed by atoms with Gasteiger partial charge in [0.1, 0.15) is 0 Å². The Labute approximate surface area is 116 Å². The fourth-order valence-electron chi connectivity index (χ4n) is 2.38. The molecule has 2 aromatic rings. The highest BCUT2D eigenvalue weighted by Gasteiger charge is 2.15. The Balaban J connectivity index is 1.77. The van der Waals surface area contributed by atoms with Crippen LogP contribution in [0.25, 0.3) is 10.1 Å². The van der Waals surface area contributed by atoms with E-state index < -0.39 is 0 Å². The SMILES string of the molecule is Nc1ccc2sc(C(=O)NN3CCCCC3)cc2c1. The highest BCUT2D eigenvalue weighted by atomic mass is 32.1. The van der Waals surface area contributed by atoms with Gasteiger partial charge in [-0.1, -0.05) is 6.42 Å². The number of thiophene rings is 1. The number of nitrogens with two attached hydrogens (primary N) is 1. The van der Waals surface area contributed by atoms with Gasteiger partial charge in [-0.15, -0.1) is 11.3 Å². The predicted molar refractivity (Wildman–Crippen MR) is 79.1 cm³/mol. The zero-order valence-electron chi connectivity index (χ0n) is 10.7. The third-order valence-electron chi connectivity index (χ3n) is 3.38. The number of carbonyl (C=O) groups excluding carboxylic acids is 1. The Morgan fingerprint density at radius 2 is 2.00 bits per heavy atom. The van der Waals surface area contributed by atoms with Gasteiger partial charge in [0.05, 0.1) is 4.88 Å². The van der Waals surface area contributed by atoms with E-state index in [-0.39, 0.29) is 5.91 Å². The lowest BCUT2D eigenvalue weighted by atomic mass is 10.2. The van der Waals surface area contributed by atoms with Crippen LogP contribution in [0.15, 0.2) is 24.3 Å². The van der Waals surface area contributed by atoms with Gasteiger partial charge in [0.15, 0.2) is 0 Å². The maximum absolute atomic E-state index is 12.2. The first-order valence-corrected chi connectivity index (χ1v) is 7.39. The first-order chi connectivity index (χ1) is 9.22. The molecular formula is C14H17N3OS. The van der Waals surface area contributed by atoms with E-state index in [1.54, 1.807) is 0 Å². The van der Waals surface area contributed by atoms with Crippen molar-refractivity contribution >= 4 is 33.0 Å². The molecule has 3 N–H and O–H groups in total. The van der Waals surface area contributed by atoms with E-state index >= 15 is 0 Å². The number of anilines is 1. The summed E-state index contributed by atoms with van der Waals surface area (Å²) >= 11 is 1.51. The monoisotopic (exact) mass is 275 g/mol. The van der Waals surface area contributed by atoms with E-state index in [2.05, 4.69) is 5.43 Å². The number of amides is 1. The average Bonchev–Trinajstić information content (AvgIpc) is 2.83. The smallest absolute Gasteiger partial charge is 0.275 e. The van der Waals surface area contributed by atoms with Crippen molar-refractivity contribution in [3.63, 3.8) is 0 Å². The molecule has 2 heterocycles. The number of nitrogen functional groups attached to an aromatic ring is 1. The topological polar surface area (TPSA) is 58.4 Å². The quantitative estimate of drug-likeness (QED) is 0.828. The summed E-state index contributed by atoms with van der Waals surface area (Å²) in [6.07, 6.45) is 3.57. The number of carbonyl (C=O) groups is 1. The van der Waals surface area contributed by atoms with E-state index in [0.29, 0.717) is 0 Å². The van der Waals surface area contributed by atoms with Crippen LogP contribution in [0, 0.1) is 0 Å². The van der Waals surface area contributed by atoms with Gasteiger partial charge >= 0.3 is 0 Å². The molecule has 1 aromatic heterocycles. The van der Waals surface area contributed by atoms with Crippen molar-refractivity contribution in [2.75, 3.05) is 18.8 Å². The summed E-state index contributed by atoms with van der Waals surface area (Å²) in [5, 5.41) is 3.05. The summed E-state index contributed by atoms with van der Waals surface area (Å²) < 4.78 is 1.10. The third-order valence-corrected chi connectivity index (χ3v) is 4.49. The number of benzene rings is 1. The Kier molecular flexibility index (Phi) is 3.40. The molecule has 1 aliphatic heterocycles. The van der Waals surface area contributed by atoms with Crippen LogP contribution >= 0.6 is 11.3 Å². The lowest BCUT2D eigenvalue weighted by molar-refractivity contribution is 0.0754. The van der Waals surface area contributed by atoms with Crippen LogP contribution in [0.1, 0.15) is 28.9 Å². The van der Waals surface area contributed by atoms with E-state index in [4.69, 9.17) is 5.73 Å². The summed E-state index contributed by atoms with van der Waals surface area (Å²) in [6, 6.07) is 7.65. The molecule has 0 atom stereocenters. The molecule has 0 spiro atoms. The maximum Gasteiger partial charge on any atom is 0.275 e. The Bertz CT molecular complexity index is 602. The average molecular weight is 275 g/mol. The van der Waals surface area contributed by atoms with Gasteiger partial charge in [-0.25, -0.2) is 5.01 Å². The second-order valence-corrected chi connectivity index (χ2v) is 5.98. The number of hydrazine groups is 1. The first kappa shape index (κ1) is 12.4. The van der Waals surface area contributed by atoms with Crippen molar-refractivity contribution in [2.45, 2.75) is 19.3 Å². The molecular weight excluding hydrogens is 258 g/mol. The highest BCUT2D eigenvalue weighted by molar-refractivity contribution is 7.20. The second kappa shape index (κ2) is 5.19. The molecule has 1 saturated heterocycles. The van der Waals surface area contributed by atoms with Gasteiger partial charge in [0, 0.05) is 23.5 Å². The molecule has 0 unspecified atom stereocenters. The number of rotatable bonds is 2. The normalized spacial score (nSPS) is 16.6. The largest absolute Gasteiger partial charge is 0.399 e. The van der Waals surface area contributed by atoms with Crippen LogP contribution in [0.3, 0.4) is 0 Å². The van der Waals surface area contributed by atoms with E-state index in [1.165, 1.54) is 17.8 Å². The molecule has 1 amide bonds. The second-order valence-electron chi connectivity index (χ2n) is 4.90. The number of nitrogens with zero attached hydrogens (tertiary/aromatic N) is 1. The van der Waals surface area contributed by atoms with E-state index in [9.17, 15) is 4.79 Å². The molecule has 0 radical (unpaired) electrons. The third kappa shape index (κ3) is 2.72. The van der Waals surface area contributed by atoms with Crippen molar-refractivity contribution in [3.8, 4) is 0 Å². The predicted octanol–water partition coefficient (Wildman–Crippen LogP) is 2.61. The van der Waals surface area contributed by atoms with Gasteiger partial charge in [-0.2, -0.15) is 0 Å². The molecule has 4 nitrogen and oxygen atoms in total. The highest BCUT2D eigenvalue weighted by Crippen LogP contribution is 2.27. The lowest BCUT2D eigenvalue weighted by Crippen LogP contribution is -2.44. The van der Waals surface area contributed by atoms with Crippen LogP contribution in [0.4, 0.5) is 5.69 Å². The van der Waals surface area contributed by atoms with Crippen LogP contribution in [-0.4, -0.2) is 24.0 Å². The summed E-state index contributed by atoms with van der Waals surface area (Å²) in [5.41, 5.74) is 9.47. The van der Waals surface area contributed by atoms with Crippen LogP contribution in [0.2, 0.25) is 0 Å². The Morgan fingerprint density at radius 1 is 1.21 bits per heavy atom. The zero-order valence-corrected chi connectivity index (χ0v) is 11.5. The first-order valence-electron chi connectivity index (χ1n) is 6.57. The molecule has 0 saturated carbocycles. The Morgan fingerprint density at radius 3 is 2.79 bits per heavy atom. The number of fused-ring (bicyclic) bond motifs is 1. The maximum atomic E-state index is 12.2. The molecule has 5 heteroatoms. The van der Waals surface area contributed by atoms with Gasteiger partial charge in [0.25, 0.3) is 5.91 Å². The standard InChI is InChI=1S/C14H17N3OS/c15-11-4-5-12-10(8-11)9-13(19-12)14(18)16-17-6-2-1-3-7-17/h4-5,8-9H,1-3,6-7,15H2,(H,16,18). The molecule has 100 valence electrons. The van der Waals surface area contributed by atoms with Crippen LogP contribution in [-0.2, 0) is 0 Å². The van der Waals surface area contributed by atoms with Crippen molar-refractivity contribution in [1.29, 1.82) is 0 Å². The van der Waals surface area contributed by atoms with Gasteiger partial charge < -0.3 is 5.73 Å². The fraction of sp³-hybridized carbons (Fsp3) is 0.357. The summed E-state index contributed by atoms with van der Waals surface area (Å²) in [7, 11) is 0. The van der Waals surface area contributed by atoms with Crippen molar-refractivity contribution < 1.29 is 4.79 Å². The molecule has 19 heavy (non-hydrogen) atoms. The molecule has 3 rings (SSSR count). The number of nitrogens with one attached hydrogen (secondary N) is 1.